The first-order valence-electron chi connectivity index (χ1n) is 13.8. The molecular weight excluding hydrogens is 462 g/mol. The Balaban J connectivity index is 0.00000156. The number of hydrogen-bond donors (Lipinski definition) is 1. The fourth-order valence-electron chi connectivity index (χ4n) is 5.65. The molecule has 0 atom stereocenters. The molecule has 2 aliphatic heterocycles. The summed E-state index contributed by atoms with van der Waals surface area (Å²) in [6.07, 6.45) is 5.35. The van der Waals surface area contributed by atoms with Crippen molar-refractivity contribution in [2.75, 3.05) is 64.9 Å². The minimum Gasteiger partial charge on any atom is -0.496 e. The normalized spacial score (nSPS) is 17.5. The van der Waals surface area contributed by atoms with E-state index in [0.717, 1.165) is 81.7 Å². The number of methoxy groups -OCH3 is 1. The molecular formula is C30H43N5O2. The lowest BCUT2D eigenvalue weighted by Crippen LogP contribution is -2.45. The zero-order valence-corrected chi connectivity index (χ0v) is 22.9. The van der Waals surface area contributed by atoms with Gasteiger partial charge in [-0.3, -0.25) is 4.79 Å². The molecule has 0 unspecified atom stereocenters. The van der Waals surface area contributed by atoms with Gasteiger partial charge < -0.3 is 29.7 Å². The van der Waals surface area contributed by atoms with Gasteiger partial charge in [0.05, 0.1) is 7.11 Å². The molecule has 0 spiro atoms. The number of nitrogens with two attached hydrogens (primary N) is 1. The summed E-state index contributed by atoms with van der Waals surface area (Å²) in [6.45, 7) is 11.5. The molecule has 0 bridgehead atoms. The van der Waals surface area contributed by atoms with E-state index in [1.165, 1.54) is 11.3 Å². The number of primary amides is 1. The number of fused-ring (bicyclic) bond motifs is 1. The number of ether oxygens (including phenoxy) is 1. The molecule has 2 N–H and O–H groups in total. The summed E-state index contributed by atoms with van der Waals surface area (Å²) in [5.74, 6) is 0.627. The fourth-order valence-corrected chi connectivity index (χ4v) is 5.65. The fraction of sp³-hybridized carbons (Fsp3) is 0.500. The summed E-state index contributed by atoms with van der Waals surface area (Å²) >= 11 is 0. The highest BCUT2D eigenvalue weighted by Crippen LogP contribution is 2.32. The van der Waals surface area contributed by atoms with E-state index in [0.29, 0.717) is 11.6 Å². The second-order valence-electron chi connectivity index (χ2n) is 9.93. The quantitative estimate of drug-likeness (QED) is 0.515. The Kier molecular flexibility index (Phi) is 9.11. The molecule has 2 saturated heterocycles. The summed E-state index contributed by atoms with van der Waals surface area (Å²) in [4.78, 5) is 19.2. The molecule has 7 heteroatoms. The summed E-state index contributed by atoms with van der Waals surface area (Å²) < 4.78 is 8.12. The van der Waals surface area contributed by atoms with Gasteiger partial charge in [0.2, 0.25) is 5.91 Å². The molecule has 2 aromatic carbocycles. The zero-order valence-electron chi connectivity index (χ0n) is 22.9. The van der Waals surface area contributed by atoms with Gasteiger partial charge in [0, 0.05) is 80.4 Å². The molecule has 200 valence electrons. The van der Waals surface area contributed by atoms with Crippen LogP contribution in [0.5, 0.6) is 5.75 Å². The van der Waals surface area contributed by atoms with Crippen molar-refractivity contribution in [2.24, 2.45) is 5.73 Å². The van der Waals surface area contributed by atoms with Crippen molar-refractivity contribution in [1.29, 1.82) is 0 Å². The predicted octanol–water partition coefficient (Wildman–Crippen LogP) is 4.41. The molecule has 3 aromatic rings. The van der Waals surface area contributed by atoms with Gasteiger partial charge in [0.15, 0.2) is 0 Å². The number of piperidine rings is 1. The summed E-state index contributed by atoms with van der Waals surface area (Å²) in [7, 11) is 3.98. The van der Waals surface area contributed by atoms with Crippen LogP contribution in [-0.2, 0) is 6.42 Å². The number of carbonyl (C=O) groups is 1. The largest absolute Gasteiger partial charge is 0.496 e. The average molecular weight is 506 g/mol. The number of hydrogen-bond acceptors (Lipinski definition) is 5. The first-order valence-corrected chi connectivity index (χ1v) is 13.8. The highest BCUT2D eigenvalue weighted by Gasteiger charge is 2.24. The van der Waals surface area contributed by atoms with Gasteiger partial charge in [-0.25, -0.2) is 0 Å². The van der Waals surface area contributed by atoms with E-state index in [9.17, 15) is 4.79 Å². The van der Waals surface area contributed by atoms with Gasteiger partial charge in [0.1, 0.15) is 5.75 Å². The third-order valence-electron chi connectivity index (χ3n) is 7.81. The molecule has 5 rings (SSSR count). The Bertz CT molecular complexity index is 1170. The summed E-state index contributed by atoms with van der Waals surface area (Å²) in [5, 5.41) is 1.16. The number of rotatable bonds is 7. The van der Waals surface area contributed by atoms with Crippen LogP contribution in [-0.4, -0.2) is 80.2 Å². The number of amides is 1. The number of nitrogens with zero attached hydrogens (tertiary/aromatic N) is 4. The number of aromatic nitrogens is 1. The number of likely N-dealkylation sites (N-methyl/N-ethyl adjacent to an activating group) is 1. The Morgan fingerprint density at radius 3 is 2.41 bits per heavy atom. The summed E-state index contributed by atoms with van der Waals surface area (Å²) in [6, 6.07) is 14.8. The Hall–Kier alpha value is -3.03. The molecule has 2 fully saturated rings. The van der Waals surface area contributed by atoms with E-state index < -0.39 is 0 Å². The number of benzene rings is 2. The Morgan fingerprint density at radius 1 is 1.00 bits per heavy atom. The van der Waals surface area contributed by atoms with E-state index in [1.54, 1.807) is 7.11 Å². The van der Waals surface area contributed by atoms with Gasteiger partial charge >= 0.3 is 0 Å². The number of anilines is 1. The number of piperazine rings is 1. The van der Waals surface area contributed by atoms with Crippen LogP contribution in [0.3, 0.4) is 0 Å². The van der Waals surface area contributed by atoms with Crippen LogP contribution in [0.25, 0.3) is 10.9 Å². The van der Waals surface area contributed by atoms with Crippen molar-refractivity contribution in [3.8, 4) is 5.75 Å². The second-order valence-corrected chi connectivity index (χ2v) is 9.93. The zero-order chi connectivity index (χ0) is 26.4. The van der Waals surface area contributed by atoms with Crippen molar-refractivity contribution < 1.29 is 9.53 Å². The van der Waals surface area contributed by atoms with E-state index in [-0.39, 0.29) is 5.91 Å². The molecule has 7 nitrogen and oxygen atoms in total. The van der Waals surface area contributed by atoms with Crippen LogP contribution in [0, 0.1) is 0 Å². The first-order chi connectivity index (χ1) is 18.0. The number of likely N-dealkylation sites (tertiary alicyclic amines) is 1. The lowest BCUT2D eigenvalue weighted by atomic mass is 10.0. The highest BCUT2D eigenvalue weighted by atomic mass is 16.5. The molecule has 0 saturated carbocycles. The smallest absolute Gasteiger partial charge is 0.248 e. The molecule has 1 amide bonds. The monoisotopic (exact) mass is 505 g/mol. The standard InChI is InChI=1S/C28H37N5O2.C2H6/c1-30-16-18-32(19-17-30)25-4-3-5-27(35-2)24(25)11-14-31-12-9-23(10-13-31)33-15-8-21-6-7-22(28(29)34)20-26(21)33;1-2/h3-8,15,20,23H,9-14,16-19H2,1-2H3,(H2,29,34);1-2H3. The maximum atomic E-state index is 11.7. The van der Waals surface area contributed by atoms with Crippen LogP contribution < -0.4 is 15.4 Å². The van der Waals surface area contributed by atoms with Crippen molar-refractivity contribution in [3.05, 3.63) is 59.8 Å². The lowest BCUT2D eigenvalue weighted by Gasteiger charge is -2.36. The van der Waals surface area contributed by atoms with Gasteiger partial charge in [-0.2, -0.15) is 0 Å². The van der Waals surface area contributed by atoms with E-state index in [2.05, 4.69) is 56.8 Å². The van der Waals surface area contributed by atoms with Crippen molar-refractivity contribution in [2.45, 2.75) is 39.2 Å². The molecule has 0 aliphatic carbocycles. The first kappa shape index (κ1) is 27.0. The topological polar surface area (TPSA) is 67.0 Å². The van der Waals surface area contributed by atoms with Gasteiger partial charge in [-0.05, 0) is 62.0 Å². The Morgan fingerprint density at radius 2 is 1.73 bits per heavy atom. The maximum absolute atomic E-state index is 11.7. The van der Waals surface area contributed by atoms with Gasteiger partial charge in [0.25, 0.3) is 0 Å². The maximum Gasteiger partial charge on any atom is 0.248 e. The molecule has 1 aromatic heterocycles. The highest BCUT2D eigenvalue weighted by molar-refractivity contribution is 5.97. The minimum atomic E-state index is -0.373. The van der Waals surface area contributed by atoms with Crippen LogP contribution >= 0.6 is 0 Å². The lowest BCUT2D eigenvalue weighted by molar-refractivity contribution is 0.100. The average Bonchev–Trinajstić information content (AvgIpc) is 3.37. The van der Waals surface area contributed by atoms with Crippen LogP contribution in [0.2, 0.25) is 0 Å². The molecule has 3 heterocycles. The van der Waals surface area contributed by atoms with Crippen molar-refractivity contribution in [3.63, 3.8) is 0 Å². The van der Waals surface area contributed by atoms with Gasteiger partial charge in [-0.15, -0.1) is 0 Å². The van der Waals surface area contributed by atoms with Crippen molar-refractivity contribution >= 4 is 22.5 Å². The van der Waals surface area contributed by atoms with Crippen molar-refractivity contribution in [1.82, 2.24) is 14.4 Å². The number of carbonyl (C=O) groups excluding carboxylic acids is 1. The minimum absolute atomic E-state index is 0.373. The molecule has 2 aliphatic rings. The molecule has 0 radical (unpaired) electrons. The third-order valence-corrected chi connectivity index (χ3v) is 7.81. The third kappa shape index (κ3) is 6.11. The molecule has 37 heavy (non-hydrogen) atoms. The van der Waals surface area contributed by atoms with Gasteiger partial charge in [-0.1, -0.05) is 26.0 Å². The van der Waals surface area contributed by atoms with E-state index >= 15 is 0 Å². The summed E-state index contributed by atoms with van der Waals surface area (Å²) in [5.41, 5.74) is 9.85. The van der Waals surface area contributed by atoms with E-state index in [1.807, 2.05) is 32.0 Å². The Labute approximate surface area is 221 Å². The second kappa shape index (κ2) is 12.5. The van der Waals surface area contributed by atoms with Crippen LogP contribution in [0.4, 0.5) is 5.69 Å². The van der Waals surface area contributed by atoms with Crippen LogP contribution in [0.15, 0.2) is 48.7 Å². The van der Waals surface area contributed by atoms with Crippen LogP contribution in [0.1, 0.15) is 48.7 Å². The van der Waals surface area contributed by atoms with E-state index in [4.69, 9.17) is 10.5 Å². The predicted molar refractivity (Wildman–Crippen MR) is 153 cm³/mol. The SMILES string of the molecule is CC.COc1cccc(N2CCN(C)CC2)c1CCN1CCC(n2ccc3ccc(C(N)=O)cc32)CC1.